The number of rotatable bonds is 6. The minimum Gasteiger partial charge on any atom is -0.388 e. The Morgan fingerprint density at radius 1 is 1.44 bits per heavy atom. The first-order chi connectivity index (χ1) is 8.54. The van der Waals surface area contributed by atoms with Crippen LogP contribution >= 0.6 is 0 Å². The second-order valence-electron chi connectivity index (χ2n) is 4.07. The minimum atomic E-state index is -1.17. The molecule has 1 atom stereocenters. The lowest BCUT2D eigenvalue weighted by molar-refractivity contribution is -0.121. The fourth-order valence-corrected chi connectivity index (χ4v) is 1.55. The van der Waals surface area contributed by atoms with Gasteiger partial charge in [-0.3, -0.25) is 4.79 Å². The number of amides is 1. The van der Waals surface area contributed by atoms with Gasteiger partial charge in [0.25, 0.3) is 0 Å². The lowest BCUT2D eigenvalue weighted by Gasteiger charge is -2.12. The molecule has 0 aliphatic heterocycles. The number of hydrogen-bond acceptors (Lipinski definition) is 2. The topological polar surface area (TPSA) is 49.3 Å². The first-order valence-electron chi connectivity index (χ1n) is 5.94. The molecule has 5 heteroatoms. The maximum Gasteiger partial charge on any atom is 0.220 e. The third kappa shape index (κ3) is 4.41. The van der Waals surface area contributed by atoms with Crippen LogP contribution in [0.5, 0.6) is 0 Å². The van der Waals surface area contributed by atoms with Crippen molar-refractivity contribution < 1.29 is 18.7 Å². The quantitative estimate of drug-likeness (QED) is 0.821. The van der Waals surface area contributed by atoms with Crippen molar-refractivity contribution in [3.8, 4) is 0 Å². The Kier molecular flexibility index (Phi) is 5.71. The average molecular weight is 257 g/mol. The van der Waals surface area contributed by atoms with Crippen molar-refractivity contribution in [3.05, 3.63) is 35.4 Å². The fraction of sp³-hybridized carbons (Fsp3) is 0.462. The van der Waals surface area contributed by atoms with Crippen molar-refractivity contribution in [1.82, 2.24) is 5.32 Å². The molecule has 0 bridgehead atoms. The number of aliphatic hydroxyl groups excluding tert-OH is 1. The Balaban J connectivity index is 2.52. The molecule has 0 aliphatic carbocycles. The second kappa shape index (κ2) is 7.06. The van der Waals surface area contributed by atoms with E-state index in [1.165, 1.54) is 0 Å². The number of carbonyl (C=O) groups excluding carboxylic acids is 1. The number of benzene rings is 1. The summed E-state index contributed by atoms with van der Waals surface area (Å²) in [6.07, 6.45) is -0.201. The van der Waals surface area contributed by atoms with Gasteiger partial charge in [0.1, 0.15) is 11.6 Å². The zero-order valence-electron chi connectivity index (χ0n) is 10.2. The number of nitrogens with one attached hydrogen (secondary N) is 1. The van der Waals surface area contributed by atoms with Crippen LogP contribution in [0.25, 0.3) is 0 Å². The van der Waals surface area contributed by atoms with Crippen LogP contribution in [-0.2, 0) is 4.79 Å². The summed E-state index contributed by atoms with van der Waals surface area (Å²) in [5.74, 6) is -1.48. The normalized spacial score (nSPS) is 12.2. The molecule has 1 amide bonds. The Hall–Kier alpha value is -1.49. The summed E-state index contributed by atoms with van der Waals surface area (Å²) in [6.45, 7) is 2.50. The van der Waals surface area contributed by atoms with Crippen molar-refractivity contribution in [2.75, 3.05) is 6.54 Å². The standard InChI is InChI=1S/C13H17F2NO2/c1-2-7-16-13(18)6-5-12(17)10-8-9(14)3-4-11(10)15/h3-4,8,12,17H,2,5-7H2,1H3,(H,16,18). The third-order valence-corrected chi connectivity index (χ3v) is 2.53. The van der Waals surface area contributed by atoms with E-state index >= 15 is 0 Å². The van der Waals surface area contributed by atoms with Gasteiger partial charge >= 0.3 is 0 Å². The van der Waals surface area contributed by atoms with Gasteiger partial charge in [-0.1, -0.05) is 6.92 Å². The van der Waals surface area contributed by atoms with Crippen molar-refractivity contribution in [2.45, 2.75) is 32.3 Å². The van der Waals surface area contributed by atoms with Crippen molar-refractivity contribution in [3.63, 3.8) is 0 Å². The van der Waals surface area contributed by atoms with E-state index in [0.717, 1.165) is 24.6 Å². The van der Waals surface area contributed by atoms with Crippen LogP contribution in [0.4, 0.5) is 8.78 Å². The zero-order valence-corrected chi connectivity index (χ0v) is 10.2. The number of aliphatic hydroxyl groups is 1. The minimum absolute atomic E-state index is 0.0654. The molecule has 1 aromatic carbocycles. The Labute approximate surface area is 105 Å². The van der Waals surface area contributed by atoms with Crippen LogP contribution in [0.15, 0.2) is 18.2 Å². The Bertz CT molecular complexity index is 410. The largest absolute Gasteiger partial charge is 0.388 e. The molecule has 1 rings (SSSR count). The SMILES string of the molecule is CCCNC(=O)CCC(O)c1cc(F)ccc1F. The molecule has 0 heterocycles. The molecule has 0 aromatic heterocycles. The average Bonchev–Trinajstić information content (AvgIpc) is 2.36. The highest BCUT2D eigenvalue weighted by molar-refractivity contribution is 5.75. The van der Waals surface area contributed by atoms with Crippen molar-refractivity contribution in [1.29, 1.82) is 0 Å². The monoisotopic (exact) mass is 257 g/mol. The van der Waals surface area contributed by atoms with Crippen LogP contribution in [0.2, 0.25) is 0 Å². The van der Waals surface area contributed by atoms with Crippen LogP contribution in [-0.4, -0.2) is 17.6 Å². The number of halogens is 2. The van der Waals surface area contributed by atoms with Crippen LogP contribution < -0.4 is 5.32 Å². The molecule has 18 heavy (non-hydrogen) atoms. The molecule has 0 aliphatic rings. The first-order valence-corrected chi connectivity index (χ1v) is 5.94. The summed E-state index contributed by atoms with van der Waals surface area (Å²) in [5, 5.41) is 12.4. The summed E-state index contributed by atoms with van der Waals surface area (Å²) in [5.41, 5.74) is -0.113. The molecule has 1 aromatic rings. The van der Waals surface area contributed by atoms with Gasteiger partial charge in [-0.25, -0.2) is 8.78 Å². The van der Waals surface area contributed by atoms with Gasteiger partial charge in [-0.15, -0.1) is 0 Å². The van der Waals surface area contributed by atoms with E-state index in [-0.39, 0.29) is 24.3 Å². The van der Waals surface area contributed by atoms with Gasteiger partial charge in [0.2, 0.25) is 5.91 Å². The molecular weight excluding hydrogens is 240 g/mol. The van der Waals surface area contributed by atoms with Gasteiger partial charge in [0, 0.05) is 18.5 Å². The molecule has 2 N–H and O–H groups in total. The third-order valence-electron chi connectivity index (χ3n) is 2.53. The molecule has 3 nitrogen and oxygen atoms in total. The van der Waals surface area contributed by atoms with Crippen molar-refractivity contribution in [2.24, 2.45) is 0 Å². The van der Waals surface area contributed by atoms with Crippen LogP contribution in [0.1, 0.15) is 37.9 Å². The van der Waals surface area contributed by atoms with E-state index in [0.29, 0.717) is 6.54 Å². The second-order valence-corrected chi connectivity index (χ2v) is 4.07. The van der Waals surface area contributed by atoms with Gasteiger partial charge < -0.3 is 10.4 Å². The summed E-state index contributed by atoms with van der Waals surface area (Å²) in [7, 11) is 0. The van der Waals surface area contributed by atoms with E-state index in [1.54, 1.807) is 0 Å². The van der Waals surface area contributed by atoms with E-state index in [4.69, 9.17) is 0 Å². The Morgan fingerprint density at radius 3 is 2.83 bits per heavy atom. The van der Waals surface area contributed by atoms with Gasteiger partial charge in [0.15, 0.2) is 0 Å². The molecule has 0 radical (unpaired) electrons. The first kappa shape index (κ1) is 14.6. The van der Waals surface area contributed by atoms with Gasteiger partial charge in [-0.2, -0.15) is 0 Å². The summed E-state index contributed by atoms with van der Waals surface area (Å²) < 4.78 is 26.2. The van der Waals surface area contributed by atoms with Crippen LogP contribution in [0, 0.1) is 11.6 Å². The fourth-order valence-electron chi connectivity index (χ4n) is 1.55. The lowest BCUT2D eigenvalue weighted by atomic mass is 10.0. The van der Waals surface area contributed by atoms with Gasteiger partial charge in [0.05, 0.1) is 6.10 Å². The summed E-state index contributed by atoms with van der Waals surface area (Å²) in [4.78, 5) is 11.3. The number of carbonyl (C=O) groups is 1. The predicted octanol–water partition coefficient (Wildman–Crippen LogP) is 2.30. The van der Waals surface area contributed by atoms with E-state index in [9.17, 15) is 18.7 Å². The smallest absolute Gasteiger partial charge is 0.220 e. The molecule has 0 spiro atoms. The Morgan fingerprint density at radius 2 is 2.17 bits per heavy atom. The molecule has 100 valence electrons. The molecule has 1 unspecified atom stereocenters. The summed E-state index contributed by atoms with van der Waals surface area (Å²) >= 11 is 0. The van der Waals surface area contributed by atoms with Gasteiger partial charge in [-0.05, 0) is 31.0 Å². The maximum absolute atomic E-state index is 13.3. The predicted molar refractivity (Wildman–Crippen MR) is 63.9 cm³/mol. The molecular formula is C13H17F2NO2. The number of hydrogen-bond donors (Lipinski definition) is 2. The maximum atomic E-state index is 13.3. The van der Waals surface area contributed by atoms with Crippen molar-refractivity contribution >= 4 is 5.91 Å². The molecule has 0 saturated carbocycles. The zero-order chi connectivity index (χ0) is 13.5. The molecule has 0 fully saturated rings. The molecule has 0 saturated heterocycles. The van der Waals surface area contributed by atoms with E-state index in [2.05, 4.69) is 5.32 Å². The van der Waals surface area contributed by atoms with Crippen LogP contribution in [0.3, 0.4) is 0 Å². The van der Waals surface area contributed by atoms with E-state index < -0.39 is 17.7 Å². The summed E-state index contributed by atoms with van der Waals surface area (Å²) in [6, 6.07) is 2.90. The van der Waals surface area contributed by atoms with E-state index in [1.807, 2.05) is 6.92 Å². The highest BCUT2D eigenvalue weighted by atomic mass is 19.1. The highest BCUT2D eigenvalue weighted by Gasteiger charge is 2.15. The lowest BCUT2D eigenvalue weighted by Crippen LogP contribution is -2.24. The highest BCUT2D eigenvalue weighted by Crippen LogP contribution is 2.22.